The first-order valence-corrected chi connectivity index (χ1v) is 10.3. The maximum atomic E-state index is 12.6. The van der Waals surface area contributed by atoms with Crippen molar-refractivity contribution >= 4 is 35.1 Å². The Labute approximate surface area is 160 Å². The average molecular weight is 392 g/mol. The number of carbonyl (C=O) groups excluding carboxylic acids is 1. The lowest BCUT2D eigenvalue weighted by Gasteiger charge is -2.11. The van der Waals surface area contributed by atoms with Crippen molar-refractivity contribution in [1.82, 2.24) is 9.55 Å². The largest absolute Gasteiger partial charge is 0.497 e. The van der Waals surface area contributed by atoms with Crippen LogP contribution >= 0.6 is 23.5 Å². The zero-order valence-corrected chi connectivity index (χ0v) is 16.6. The van der Waals surface area contributed by atoms with Crippen LogP contribution in [-0.4, -0.2) is 33.6 Å². The zero-order valence-electron chi connectivity index (χ0n) is 14.9. The summed E-state index contributed by atoms with van der Waals surface area (Å²) in [5.41, 5.74) is 1.57. The summed E-state index contributed by atoms with van der Waals surface area (Å²) in [5, 5.41) is 3.82. The first-order valence-electron chi connectivity index (χ1n) is 8.39. The van der Waals surface area contributed by atoms with Gasteiger partial charge in [0.05, 0.1) is 23.5 Å². The summed E-state index contributed by atoms with van der Waals surface area (Å²) in [6.45, 7) is 4.55. The van der Waals surface area contributed by atoms with Crippen LogP contribution < -0.4 is 15.6 Å². The Morgan fingerprint density at radius 3 is 2.81 bits per heavy atom. The van der Waals surface area contributed by atoms with E-state index in [4.69, 9.17) is 4.74 Å². The second-order valence-electron chi connectivity index (χ2n) is 5.92. The fourth-order valence-electron chi connectivity index (χ4n) is 2.72. The molecule has 0 fully saturated rings. The Hall–Kier alpha value is -1.93. The number of rotatable bonds is 6. The van der Waals surface area contributed by atoms with Crippen molar-refractivity contribution in [2.24, 2.45) is 0 Å². The standard InChI is InChI=1S/C18H21N3O3S2/c1-4-21-17(23)16-14(9-11(2)26-16)20-18(21)25-10-15(22)19-12-5-7-13(24-3)8-6-12/h5-8,11H,4,9-10H2,1-3H3,(H,19,22)/t11-/m1/s1. The van der Waals surface area contributed by atoms with E-state index in [0.29, 0.717) is 22.6 Å². The number of carbonyl (C=O) groups is 1. The maximum Gasteiger partial charge on any atom is 0.268 e. The molecular weight excluding hydrogens is 370 g/mol. The summed E-state index contributed by atoms with van der Waals surface area (Å²) in [6.07, 6.45) is 0.797. The quantitative estimate of drug-likeness (QED) is 0.603. The van der Waals surface area contributed by atoms with Crippen molar-refractivity contribution < 1.29 is 9.53 Å². The molecule has 0 radical (unpaired) electrons. The highest BCUT2D eigenvalue weighted by Gasteiger charge is 2.26. The van der Waals surface area contributed by atoms with Gasteiger partial charge in [-0.15, -0.1) is 11.8 Å². The molecule has 26 heavy (non-hydrogen) atoms. The van der Waals surface area contributed by atoms with Crippen LogP contribution in [-0.2, 0) is 17.8 Å². The molecule has 1 aromatic carbocycles. The fraction of sp³-hybridized carbons (Fsp3) is 0.389. The zero-order chi connectivity index (χ0) is 18.7. The molecule has 138 valence electrons. The van der Waals surface area contributed by atoms with E-state index < -0.39 is 0 Å². The second kappa shape index (κ2) is 8.18. The molecule has 1 amide bonds. The van der Waals surface area contributed by atoms with E-state index >= 15 is 0 Å². The number of nitrogens with zero attached hydrogens (tertiary/aromatic N) is 2. The van der Waals surface area contributed by atoms with Crippen molar-refractivity contribution in [3.8, 4) is 5.75 Å². The Balaban J connectivity index is 1.69. The van der Waals surface area contributed by atoms with E-state index in [9.17, 15) is 9.59 Å². The number of amides is 1. The van der Waals surface area contributed by atoms with Crippen LogP contribution in [0.5, 0.6) is 5.75 Å². The first-order chi connectivity index (χ1) is 12.5. The number of nitrogens with one attached hydrogen (secondary N) is 1. The van der Waals surface area contributed by atoms with Gasteiger partial charge in [0.2, 0.25) is 5.91 Å². The molecule has 0 saturated carbocycles. The molecular formula is C18H21N3O3S2. The minimum absolute atomic E-state index is 0.00455. The maximum absolute atomic E-state index is 12.6. The van der Waals surface area contributed by atoms with Crippen LogP contribution in [0.1, 0.15) is 19.5 Å². The van der Waals surface area contributed by atoms with Crippen LogP contribution in [0.2, 0.25) is 0 Å². The highest BCUT2D eigenvalue weighted by atomic mass is 32.2. The van der Waals surface area contributed by atoms with Crippen LogP contribution in [0.15, 0.2) is 39.1 Å². The van der Waals surface area contributed by atoms with Gasteiger partial charge in [0.15, 0.2) is 5.16 Å². The number of ether oxygens (including phenoxy) is 1. The molecule has 1 atom stereocenters. The van der Waals surface area contributed by atoms with E-state index in [1.54, 1.807) is 47.7 Å². The summed E-state index contributed by atoms with van der Waals surface area (Å²) in [5.74, 6) is 0.791. The minimum Gasteiger partial charge on any atom is -0.497 e. The first kappa shape index (κ1) is 18.8. The van der Waals surface area contributed by atoms with Crippen molar-refractivity contribution in [3.63, 3.8) is 0 Å². The number of anilines is 1. The molecule has 2 heterocycles. The number of aromatic nitrogens is 2. The summed E-state index contributed by atoms with van der Waals surface area (Å²) in [4.78, 5) is 30.3. The molecule has 1 N–H and O–H groups in total. The van der Waals surface area contributed by atoms with Gasteiger partial charge in [0.1, 0.15) is 5.75 Å². The smallest absolute Gasteiger partial charge is 0.268 e. The van der Waals surface area contributed by atoms with Gasteiger partial charge in [-0.2, -0.15) is 0 Å². The van der Waals surface area contributed by atoms with Gasteiger partial charge in [-0.25, -0.2) is 4.98 Å². The molecule has 2 aromatic rings. The van der Waals surface area contributed by atoms with Crippen LogP contribution in [0.4, 0.5) is 5.69 Å². The molecule has 0 unspecified atom stereocenters. The lowest BCUT2D eigenvalue weighted by Crippen LogP contribution is -2.25. The van der Waals surface area contributed by atoms with Gasteiger partial charge >= 0.3 is 0 Å². The molecule has 0 spiro atoms. The molecule has 0 bridgehead atoms. The number of benzene rings is 1. The summed E-state index contributed by atoms with van der Waals surface area (Å²) in [7, 11) is 1.60. The second-order valence-corrected chi connectivity index (χ2v) is 8.31. The summed E-state index contributed by atoms with van der Waals surface area (Å²) in [6, 6.07) is 7.15. The lowest BCUT2D eigenvalue weighted by molar-refractivity contribution is -0.113. The molecule has 1 aliphatic heterocycles. The molecule has 0 aliphatic carbocycles. The number of thioether (sulfide) groups is 2. The van der Waals surface area contributed by atoms with Crippen LogP contribution in [0, 0.1) is 0 Å². The van der Waals surface area contributed by atoms with Crippen molar-refractivity contribution in [2.45, 2.75) is 42.1 Å². The average Bonchev–Trinajstić information content (AvgIpc) is 3.01. The van der Waals surface area contributed by atoms with E-state index in [0.717, 1.165) is 22.8 Å². The number of hydrogen-bond donors (Lipinski definition) is 1. The fourth-order valence-corrected chi connectivity index (χ4v) is 4.72. The summed E-state index contributed by atoms with van der Waals surface area (Å²) >= 11 is 2.88. The van der Waals surface area contributed by atoms with E-state index in [2.05, 4.69) is 17.2 Å². The molecule has 8 heteroatoms. The van der Waals surface area contributed by atoms with Crippen molar-refractivity contribution in [2.75, 3.05) is 18.2 Å². The molecule has 3 rings (SSSR count). The minimum atomic E-state index is -0.139. The topological polar surface area (TPSA) is 73.2 Å². The predicted octanol–water partition coefficient (Wildman–Crippen LogP) is 3.04. The molecule has 6 nitrogen and oxygen atoms in total. The van der Waals surface area contributed by atoms with Gasteiger partial charge in [0, 0.05) is 23.9 Å². The molecule has 0 saturated heterocycles. The monoisotopic (exact) mass is 391 g/mol. The van der Waals surface area contributed by atoms with Gasteiger partial charge in [0.25, 0.3) is 5.56 Å². The third kappa shape index (κ3) is 4.07. The van der Waals surface area contributed by atoms with E-state index in [1.165, 1.54) is 11.8 Å². The Bertz CT molecular complexity index is 865. The van der Waals surface area contributed by atoms with Crippen molar-refractivity contribution in [3.05, 3.63) is 40.3 Å². The Morgan fingerprint density at radius 2 is 2.15 bits per heavy atom. The summed E-state index contributed by atoms with van der Waals surface area (Å²) < 4.78 is 6.75. The third-order valence-electron chi connectivity index (χ3n) is 3.99. The van der Waals surface area contributed by atoms with E-state index in [1.807, 2.05) is 6.92 Å². The van der Waals surface area contributed by atoms with Gasteiger partial charge in [-0.1, -0.05) is 18.7 Å². The van der Waals surface area contributed by atoms with Crippen LogP contribution in [0.3, 0.4) is 0 Å². The van der Waals surface area contributed by atoms with Crippen molar-refractivity contribution in [1.29, 1.82) is 0 Å². The highest BCUT2D eigenvalue weighted by Crippen LogP contribution is 2.34. The normalized spacial score (nSPS) is 15.6. The third-order valence-corrected chi connectivity index (χ3v) is 6.18. The SMILES string of the molecule is CCn1c(SCC(=O)Nc2ccc(OC)cc2)nc2c(c1=O)S[C@H](C)C2. The van der Waals surface area contributed by atoms with Gasteiger partial charge in [-0.3, -0.25) is 14.2 Å². The predicted molar refractivity (Wildman–Crippen MR) is 106 cm³/mol. The number of hydrogen-bond acceptors (Lipinski definition) is 6. The highest BCUT2D eigenvalue weighted by molar-refractivity contribution is 8.00. The van der Waals surface area contributed by atoms with Crippen LogP contribution in [0.25, 0.3) is 0 Å². The number of methoxy groups -OCH3 is 1. The van der Waals surface area contributed by atoms with Gasteiger partial charge < -0.3 is 10.1 Å². The molecule has 1 aromatic heterocycles. The molecule has 1 aliphatic rings. The Kier molecular flexibility index (Phi) is 5.93. The lowest BCUT2D eigenvalue weighted by atomic mass is 10.2. The number of fused-ring (bicyclic) bond motifs is 1. The van der Waals surface area contributed by atoms with E-state index in [-0.39, 0.29) is 17.2 Å². The van der Waals surface area contributed by atoms with Gasteiger partial charge in [-0.05, 0) is 31.2 Å². The Morgan fingerprint density at radius 1 is 1.42 bits per heavy atom.